The Morgan fingerprint density at radius 1 is 1.12 bits per heavy atom. The highest BCUT2D eigenvalue weighted by Crippen LogP contribution is 1.86. The second-order valence-electron chi connectivity index (χ2n) is 2.61. The summed E-state index contributed by atoms with van der Waals surface area (Å²) in [7, 11) is -7.33. The monoisotopic (exact) mass is 287 g/mol. The fraction of sp³-hybridized carbons (Fsp3) is 0.333. The van der Waals surface area contributed by atoms with Gasteiger partial charge in [-0.3, -0.25) is 9.11 Å². The average molecular weight is 287 g/mol. The first-order valence-corrected chi connectivity index (χ1v) is 7.47. The second-order valence-corrected chi connectivity index (χ2v) is 5.55. The van der Waals surface area contributed by atoms with E-state index in [0.717, 1.165) is 0 Å². The first-order chi connectivity index (χ1) is 7.39. The molecular formula is C6H13N3O6S2. The largest absolute Gasteiger partial charge is 0.382 e. The number of rotatable bonds is 0. The lowest BCUT2D eigenvalue weighted by Gasteiger charge is -1.81. The number of nitrogens with zero attached hydrogens (tertiary/aromatic N) is 2. The van der Waals surface area contributed by atoms with E-state index in [9.17, 15) is 16.8 Å². The van der Waals surface area contributed by atoms with Crippen molar-refractivity contribution in [3.8, 4) is 0 Å². The molecule has 17 heavy (non-hydrogen) atoms. The Bertz CT molecular complexity index is 452. The van der Waals surface area contributed by atoms with Crippen molar-refractivity contribution in [1.29, 1.82) is 0 Å². The maximum Gasteiger partial charge on any atom is 0.261 e. The molecule has 0 bridgehead atoms. The maximum atomic E-state index is 9.19. The summed E-state index contributed by atoms with van der Waals surface area (Å²) in [5.41, 5.74) is 5.18. The summed E-state index contributed by atoms with van der Waals surface area (Å²) < 4.78 is 51.7. The zero-order chi connectivity index (χ0) is 14.1. The molecule has 0 aliphatic heterocycles. The Morgan fingerprint density at radius 2 is 1.47 bits per heavy atom. The highest BCUT2D eigenvalue weighted by atomic mass is 32.2. The van der Waals surface area contributed by atoms with E-state index in [4.69, 9.17) is 14.8 Å². The van der Waals surface area contributed by atoms with Gasteiger partial charge in [0.1, 0.15) is 5.82 Å². The Hall–Kier alpha value is -1.30. The van der Waals surface area contributed by atoms with Gasteiger partial charge >= 0.3 is 0 Å². The third-order valence-corrected chi connectivity index (χ3v) is 0.593. The number of aromatic nitrogens is 2. The van der Waals surface area contributed by atoms with Gasteiger partial charge in [0.2, 0.25) is 0 Å². The molecule has 100 valence electrons. The van der Waals surface area contributed by atoms with Gasteiger partial charge in [-0.2, -0.15) is 21.9 Å². The molecule has 0 aliphatic rings. The van der Waals surface area contributed by atoms with E-state index >= 15 is 0 Å². The van der Waals surface area contributed by atoms with Crippen molar-refractivity contribution in [3.63, 3.8) is 0 Å². The van der Waals surface area contributed by atoms with Crippen LogP contribution in [-0.2, 0) is 20.2 Å². The first-order valence-electron chi connectivity index (χ1n) is 3.77. The van der Waals surface area contributed by atoms with Crippen LogP contribution in [0.2, 0.25) is 0 Å². The molecule has 0 saturated heterocycles. The Balaban J connectivity index is 0. The van der Waals surface area contributed by atoms with Gasteiger partial charge in [-0.1, -0.05) is 0 Å². The van der Waals surface area contributed by atoms with E-state index in [2.05, 4.69) is 10.2 Å². The van der Waals surface area contributed by atoms with Crippen molar-refractivity contribution in [3.05, 3.63) is 18.3 Å². The highest BCUT2D eigenvalue weighted by Gasteiger charge is 1.82. The second kappa shape index (κ2) is 7.89. The summed E-state index contributed by atoms with van der Waals surface area (Å²) >= 11 is 0. The molecule has 1 rings (SSSR count). The summed E-state index contributed by atoms with van der Waals surface area (Å²) in [4.78, 5) is 0. The van der Waals surface area contributed by atoms with Crippen LogP contribution in [0.15, 0.2) is 18.3 Å². The van der Waals surface area contributed by atoms with E-state index in [1.165, 1.54) is 0 Å². The number of nitrogens with two attached hydrogens (primary N) is 1. The number of anilines is 1. The van der Waals surface area contributed by atoms with Crippen molar-refractivity contribution in [1.82, 2.24) is 10.2 Å². The molecule has 0 saturated carbocycles. The first kappa shape index (κ1) is 18.1. The predicted molar refractivity (Wildman–Crippen MR) is 61.4 cm³/mol. The summed E-state index contributed by atoms with van der Waals surface area (Å²) in [6.45, 7) is 0. The fourth-order valence-electron chi connectivity index (χ4n) is 0.313. The zero-order valence-corrected chi connectivity index (χ0v) is 10.7. The quantitative estimate of drug-likeness (QED) is 0.511. The number of hydrogen-bond acceptors (Lipinski definition) is 7. The molecule has 9 nitrogen and oxygen atoms in total. The molecule has 0 amide bonds. The van der Waals surface area contributed by atoms with Gasteiger partial charge in [-0.05, 0) is 12.1 Å². The van der Waals surface area contributed by atoms with Crippen LogP contribution < -0.4 is 5.73 Å². The molecule has 1 heterocycles. The zero-order valence-electron chi connectivity index (χ0n) is 9.05. The lowest BCUT2D eigenvalue weighted by atomic mass is 10.6. The van der Waals surface area contributed by atoms with Crippen LogP contribution >= 0.6 is 0 Å². The SMILES string of the molecule is CS(=O)(=O)O.CS(=O)(=O)O.Nc1cccnn1. The van der Waals surface area contributed by atoms with E-state index in [1.807, 2.05) is 0 Å². The van der Waals surface area contributed by atoms with Crippen molar-refractivity contribution in [2.45, 2.75) is 0 Å². The van der Waals surface area contributed by atoms with Crippen LogP contribution in [0, 0.1) is 0 Å². The van der Waals surface area contributed by atoms with E-state index in [0.29, 0.717) is 18.3 Å². The molecule has 1 aromatic rings. The molecule has 0 unspecified atom stereocenters. The minimum atomic E-state index is -3.67. The van der Waals surface area contributed by atoms with Crippen LogP contribution in [-0.4, -0.2) is 48.6 Å². The van der Waals surface area contributed by atoms with Crippen LogP contribution in [0.1, 0.15) is 0 Å². The smallest absolute Gasteiger partial charge is 0.261 e. The number of nitrogen functional groups attached to an aromatic ring is 1. The Labute approximate surface area is 99.2 Å². The normalized spacial score (nSPS) is 10.4. The summed E-state index contributed by atoms with van der Waals surface area (Å²) in [5.74, 6) is 0.461. The maximum absolute atomic E-state index is 9.19. The minimum absolute atomic E-state index is 0.461. The molecule has 0 fully saturated rings. The van der Waals surface area contributed by atoms with E-state index < -0.39 is 20.2 Å². The Kier molecular flexibility index (Phi) is 8.39. The molecule has 0 atom stereocenters. The van der Waals surface area contributed by atoms with Crippen LogP contribution in [0.25, 0.3) is 0 Å². The third kappa shape index (κ3) is 52.8. The lowest BCUT2D eigenvalue weighted by molar-refractivity contribution is 0.488. The van der Waals surface area contributed by atoms with Gasteiger partial charge in [-0.15, -0.1) is 5.10 Å². The number of hydrogen-bond donors (Lipinski definition) is 3. The van der Waals surface area contributed by atoms with Crippen molar-refractivity contribution < 1.29 is 25.9 Å². The van der Waals surface area contributed by atoms with Gasteiger partial charge in [0.05, 0.1) is 12.5 Å². The van der Waals surface area contributed by atoms with Crippen molar-refractivity contribution in [2.75, 3.05) is 18.2 Å². The van der Waals surface area contributed by atoms with Gasteiger partial charge in [0.25, 0.3) is 20.2 Å². The molecule has 4 N–H and O–H groups in total. The van der Waals surface area contributed by atoms with Crippen LogP contribution in [0.4, 0.5) is 5.82 Å². The molecule has 11 heteroatoms. The fourth-order valence-corrected chi connectivity index (χ4v) is 0.313. The lowest BCUT2D eigenvalue weighted by Crippen LogP contribution is -1.88. The predicted octanol–water partition coefficient (Wildman–Crippen LogP) is -0.933. The third-order valence-electron chi connectivity index (χ3n) is 0.593. The van der Waals surface area contributed by atoms with Gasteiger partial charge in [0, 0.05) is 6.20 Å². The van der Waals surface area contributed by atoms with E-state index in [-0.39, 0.29) is 0 Å². The van der Waals surface area contributed by atoms with Crippen LogP contribution in [0.5, 0.6) is 0 Å². The molecule has 0 spiro atoms. The van der Waals surface area contributed by atoms with Gasteiger partial charge in [-0.25, -0.2) is 0 Å². The Morgan fingerprint density at radius 3 is 1.59 bits per heavy atom. The molecule has 1 aromatic heterocycles. The summed E-state index contributed by atoms with van der Waals surface area (Å²) in [6.07, 6.45) is 3.01. The van der Waals surface area contributed by atoms with Crippen molar-refractivity contribution >= 4 is 26.1 Å². The molecular weight excluding hydrogens is 274 g/mol. The van der Waals surface area contributed by atoms with E-state index in [1.54, 1.807) is 18.3 Å². The standard InChI is InChI=1S/C4H5N3.2CH4O3S/c5-4-2-1-3-6-7-4;2*1-5(2,3)4/h1-3H,(H2,5,7);2*1H3,(H,2,3,4). The van der Waals surface area contributed by atoms with Gasteiger partial charge in [0.15, 0.2) is 0 Å². The van der Waals surface area contributed by atoms with Crippen molar-refractivity contribution in [2.24, 2.45) is 0 Å². The van der Waals surface area contributed by atoms with Crippen LogP contribution in [0.3, 0.4) is 0 Å². The summed E-state index contributed by atoms with van der Waals surface area (Å²) in [6, 6.07) is 3.43. The minimum Gasteiger partial charge on any atom is -0.382 e. The average Bonchev–Trinajstić information content (AvgIpc) is 1.98. The summed E-state index contributed by atoms with van der Waals surface area (Å²) in [5, 5.41) is 7.02. The molecule has 0 aliphatic carbocycles. The topological polar surface area (TPSA) is 161 Å². The van der Waals surface area contributed by atoms with Gasteiger partial charge < -0.3 is 5.73 Å². The highest BCUT2D eigenvalue weighted by molar-refractivity contribution is 7.85. The molecule has 0 radical (unpaired) electrons. The molecule has 0 aromatic carbocycles.